The summed E-state index contributed by atoms with van der Waals surface area (Å²) < 4.78 is 38.4. The number of pyridine rings is 1. The number of amides is 1. The molecule has 0 saturated carbocycles. The van der Waals surface area contributed by atoms with Crippen LogP contribution in [-0.2, 0) is 16.6 Å². The number of nitrogens with one attached hydrogen (secondary N) is 2. The highest BCUT2D eigenvalue weighted by Gasteiger charge is 2.21. The van der Waals surface area contributed by atoms with Crippen LogP contribution in [0.3, 0.4) is 0 Å². The summed E-state index contributed by atoms with van der Waals surface area (Å²) in [5.41, 5.74) is 3.38. The molecule has 0 fully saturated rings. The Morgan fingerprint density at radius 1 is 1.06 bits per heavy atom. The number of benzene rings is 2. The van der Waals surface area contributed by atoms with E-state index in [0.717, 1.165) is 11.1 Å². The van der Waals surface area contributed by atoms with Gasteiger partial charge in [-0.15, -0.1) is 0 Å². The second kappa shape index (κ2) is 10.7. The van der Waals surface area contributed by atoms with Crippen LogP contribution >= 0.6 is 0 Å². The van der Waals surface area contributed by atoms with Gasteiger partial charge in [-0.3, -0.25) is 9.78 Å². The van der Waals surface area contributed by atoms with E-state index in [1.54, 1.807) is 45.5 Å². The van der Waals surface area contributed by atoms with Crippen molar-refractivity contribution in [1.82, 2.24) is 15.0 Å². The van der Waals surface area contributed by atoms with E-state index in [1.165, 1.54) is 13.1 Å². The van der Waals surface area contributed by atoms with Crippen LogP contribution in [0, 0.1) is 13.8 Å². The minimum absolute atomic E-state index is 0.0881. The SMILES string of the molecule is CNS(=O)(=O)c1cc(C(=O)NC(C)c2ccc(OCc3ccncc3)c(OC)c2)cc(C)c1C. The van der Waals surface area contributed by atoms with Gasteiger partial charge in [0.2, 0.25) is 10.0 Å². The van der Waals surface area contributed by atoms with E-state index in [0.29, 0.717) is 29.2 Å². The molecule has 1 unspecified atom stereocenters. The fourth-order valence-electron chi connectivity index (χ4n) is 3.42. The molecule has 1 atom stereocenters. The van der Waals surface area contributed by atoms with Gasteiger partial charge in [-0.05, 0) is 86.5 Å². The maximum Gasteiger partial charge on any atom is 0.251 e. The standard InChI is InChI=1S/C25H29N3O5S/c1-16-12-21(14-24(17(16)2)34(30,31)26-4)25(29)28-18(3)20-6-7-22(23(13-20)32-5)33-15-19-8-10-27-11-9-19/h6-14,18,26H,15H2,1-5H3,(H,28,29). The normalized spacial score (nSPS) is 12.1. The molecule has 9 heteroatoms. The van der Waals surface area contributed by atoms with Crippen LogP contribution in [0.15, 0.2) is 59.8 Å². The van der Waals surface area contributed by atoms with E-state index in [2.05, 4.69) is 15.0 Å². The highest BCUT2D eigenvalue weighted by atomic mass is 32.2. The molecule has 180 valence electrons. The zero-order valence-corrected chi connectivity index (χ0v) is 20.7. The predicted molar refractivity (Wildman–Crippen MR) is 130 cm³/mol. The number of hydrogen-bond acceptors (Lipinski definition) is 6. The van der Waals surface area contributed by atoms with Gasteiger partial charge in [0.1, 0.15) is 6.61 Å². The van der Waals surface area contributed by atoms with Crippen LogP contribution in [0.4, 0.5) is 0 Å². The lowest BCUT2D eigenvalue weighted by Gasteiger charge is -2.18. The first kappa shape index (κ1) is 25.2. The first-order valence-electron chi connectivity index (χ1n) is 10.7. The van der Waals surface area contributed by atoms with Crippen molar-refractivity contribution in [3.8, 4) is 11.5 Å². The van der Waals surface area contributed by atoms with Gasteiger partial charge in [0, 0.05) is 18.0 Å². The Bertz CT molecular complexity index is 1280. The molecule has 0 saturated heterocycles. The minimum Gasteiger partial charge on any atom is -0.493 e. The molecule has 2 aromatic carbocycles. The number of hydrogen-bond donors (Lipinski definition) is 2. The summed E-state index contributed by atoms with van der Waals surface area (Å²) in [5.74, 6) is 0.749. The van der Waals surface area contributed by atoms with Gasteiger partial charge in [0.05, 0.1) is 18.0 Å². The van der Waals surface area contributed by atoms with E-state index >= 15 is 0 Å². The molecule has 3 rings (SSSR count). The maximum atomic E-state index is 13.0. The molecular weight excluding hydrogens is 454 g/mol. The third-order valence-electron chi connectivity index (χ3n) is 5.62. The average Bonchev–Trinajstić information content (AvgIpc) is 2.84. The highest BCUT2D eigenvalue weighted by Crippen LogP contribution is 2.31. The van der Waals surface area contributed by atoms with Crippen molar-refractivity contribution in [2.24, 2.45) is 0 Å². The fourth-order valence-corrected chi connectivity index (χ4v) is 4.49. The Labute approximate surface area is 200 Å². The summed E-state index contributed by atoms with van der Waals surface area (Å²) in [7, 11) is -0.791. The molecule has 0 bridgehead atoms. The molecule has 1 amide bonds. The lowest BCUT2D eigenvalue weighted by Crippen LogP contribution is -2.27. The van der Waals surface area contributed by atoms with Crippen molar-refractivity contribution in [1.29, 1.82) is 0 Å². The number of carbonyl (C=O) groups is 1. The zero-order chi connectivity index (χ0) is 24.9. The fraction of sp³-hybridized carbons (Fsp3) is 0.280. The van der Waals surface area contributed by atoms with Crippen LogP contribution in [-0.4, -0.2) is 33.5 Å². The summed E-state index contributed by atoms with van der Waals surface area (Å²) in [4.78, 5) is 17.0. The Morgan fingerprint density at radius 3 is 2.41 bits per heavy atom. The van der Waals surface area contributed by atoms with Crippen LogP contribution in [0.1, 0.15) is 45.6 Å². The number of ether oxygens (including phenoxy) is 2. The monoisotopic (exact) mass is 483 g/mol. The topological polar surface area (TPSA) is 107 Å². The Kier molecular flexibility index (Phi) is 7.90. The van der Waals surface area contributed by atoms with Crippen LogP contribution < -0.4 is 19.5 Å². The summed E-state index contributed by atoms with van der Waals surface area (Å²) >= 11 is 0. The van der Waals surface area contributed by atoms with Gasteiger partial charge >= 0.3 is 0 Å². The van der Waals surface area contributed by atoms with Crippen LogP contribution in [0.5, 0.6) is 11.5 Å². The maximum absolute atomic E-state index is 13.0. The first-order chi connectivity index (χ1) is 16.2. The number of sulfonamides is 1. The molecule has 3 aromatic rings. The third-order valence-corrected chi connectivity index (χ3v) is 7.16. The van der Waals surface area contributed by atoms with E-state index < -0.39 is 10.0 Å². The summed E-state index contributed by atoms with van der Waals surface area (Å²) in [6.07, 6.45) is 3.41. The van der Waals surface area contributed by atoms with Crippen molar-refractivity contribution in [2.75, 3.05) is 14.2 Å². The number of nitrogens with zero attached hydrogens (tertiary/aromatic N) is 1. The van der Waals surface area contributed by atoms with E-state index in [9.17, 15) is 13.2 Å². The smallest absolute Gasteiger partial charge is 0.251 e. The van der Waals surface area contributed by atoms with Gasteiger partial charge in [0.15, 0.2) is 11.5 Å². The molecule has 0 radical (unpaired) electrons. The number of aromatic nitrogens is 1. The van der Waals surface area contributed by atoms with Gasteiger partial charge in [-0.2, -0.15) is 0 Å². The third kappa shape index (κ3) is 5.73. The molecule has 0 aliphatic rings. The second-order valence-electron chi connectivity index (χ2n) is 7.87. The molecule has 34 heavy (non-hydrogen) atoms. The quantitative estimate of drug-likeness (QED) is 0.481. The van der Waals surface area contributed by atoms with E-state index in [1.807, 2.05) is 31.2 Å². The number of aryl methyl sites for hydroxylation is 1. The molecular formula is C25H29N3O5S. The number of rotatable bonds is 9. The molecule has 0 spiro atoms. The van der Waals surface area contributed by atoms with E-state index in [4.69, 9.17) is 9.47 Å². The Hall–Kier alpha value is -3.43. The number of methoxy groups -OCH3 is 1. The largest absolute Gasteiger partial charge is 0.493 e. The molecule has 1 heterocycles. The summed E-state index contributed by atoms with van der Waals surface area (Å²) in [6, 6.07) is 11.9. The van der Waals surface area contributed by atoms with Gasteiger partial charge in [0.25, 0.3) is 5.91 Å². The van der Waals surface area contributed by atoms with Gasteiger partial charge in [-0.1, -0.05) is 6.07 Å². The van der Waals surface area contributed by atoms with Crippen molar-refractivity contribution in [2.45, 2.75) is 38.3 Å². The van der Waals surface area contributed by atoms with E-state index in [-0.39, 0.29) is 22.4 Å². The van der Waals surface area contributed by atoms with Crippen LogP contribution in [0.25, 0.3) is 0 Å². The van der Waals surface area contributed by atoms with Crippen molar-refractivity contribution in [3.05, 3.63) is 82.7 Å². The van der Waals surface area contributed by atoms with Crippen molar-refractivity contribution >= 4 is 15.9 Å². The van der Waals surface area contributed by atoms with Gasteiger partial charge < -0.3 is 14.8 Å². The molecule has 0 aliphatic carbocycles. The second-order valence-corrected chi connectivity index (χ2v) is 9.73. The molecule has 2 N–H and O–H groups in total. The Balaban J connectivity index is 1.77. The zero-order valence-electron chi connectivity index (χ0n) is 19.9. The number of carbonyl (C=O) groups excluding carboxylic acids is 1. The van der Waals surface area contributed by atoms with Crippen molar-refractivity contribution in [3.63, 3.8) is 0 Å². The highest BCUT2D eigenvalue weighted by molar-refractivity contribution is 7.89. The van der Waals surface area contributed by atoms with Crippen molar-refractivity contribution < 1.29 is 22.7 Å². The van der Waals surface area contributed by atoms with Gasteiger partial charge in [-0.25, -0.2) is 13.1 Å². The first-order valence-corrected chi connectivity index (χ1v) is 12.2. The summed E-state index contributed by atoms with van der Waals surface area (Å²) in [5, 5.41) is 2.93. The lowest BCUT2D eigenvalue weighted by atomic mass is 10.0. The predicted octanol–water partition coefficient (Wildman–Crippen LogP) is 3.69. The molecule has 0 aliphatic heterocycles. The molecule has 8 nitrogen and oxygen atoms in total. The van der Waals surface area contributed by atoms with Crippen LogP contribution in [0.2, 0.25) is 0 Å². The molecule has 1 aromatic heterocycles. The lowest BCUT2D eigenvalue weighted by molar-refractivity contribution is 0.0939. The average molecular weight is 484 g/mol. The Morgan fingerprint density at radius 2 is 1.76 bits per heavy atom. The summed E-state index contributed by atoms with van der Waals surface area (Å²) in [6.45, 7) is 5.71. The minimum atomic E-state index is -3.69.